The van der Waals surface area contributed by atoms with Gasteiger partial charge in [0.15, 0.2) is 6.29 Å². The van der Waals surface area contributed by atoms with Crippen LogP contribution in [0.3, 0.4) is 0 Å². The van der Waals surface area contributed by atoms with Crippen molar-refractivity contribution in [3.05, 3.63) is 24.3 Å². The highest BCUT2D eigenvalue weighted by molar-refractivity contribution is 4.93. The molecule has 0 spiro atoms. The smallest absolute Gasteiger partial charge is 0.160 e. The standard InChI is InChI=1S/C16H30O2/c1-4-7-8-9-10-11-12-13-14-15-16(17-5-2)18-6-3/h10-11,13-14,16H,4-9,12,15H2,1-3H3/b11-10-,14-13-. The maximum Gasteiger partial charge on any atom is 0.160 e. The number of hydrogen-bond donors (Lipinski definition) is 0. The van der Waals surface area contributed by atoms with Crippen LogP contribution in [-0.4, -0.2) is 19.5 Å². The molecule has 0 rings (SSSR count). The average molecular weight is 254 g/mol. The van der Waals surface area contributed by atoms with E-state index in [1.807, 2.05) is 13.8 Å². The molecular formula is C16H30O2. The minimum atomic E-state index is -0.0789. The van der Waals surface area contributed by atoms with E-state index in [-0.39, 0.29) is 6.29 Å². The van der Waals surface area contributed by atoms with Crippen LogP contribution in [0.1, 0.15) is 59.3 Å². The monoisotopic (exact) mass is 254 g/mol. The van der Waals surface area contributed by atoms with E-state index < -0.39 is 0 Å². The molecule has 0 bridgehead atoms. The summed E-state index contributed by atoms with van der Waals surface area (Å²) in [5.74, 6) is 0. The van der Waals surface area contributed by atoms with Gasteiger partial charge in [0.05, 0.1) is 0 Å². The van der Waals surface area contributed by atoms with E-state index in [4.69, 9.17) is 9.47 Å². The van der Waals surface area contributed by atoms with Gasteiger partial charge in [-0.15, -0.1) is 0 Å². The van der Waals surface area contributed by atoms with E-state index in [1.54, 1.807) is 0 Å². The van der Waals surface area contributed by atoms with Gasteiger partial charge in [0.25, 0.3) is 0 Å². The van der Waals surface area contributed by atoms with Crippen LogP contribution < -0.4 is 0 Å². The maximum absolute atomic E-state index is 5.46. The number of hydrogen-bond acceptors (Lipinski definition) is 2. The predicted octanol–water partition coefficient (Wildman–Crippen LogP) is 4.86. The Kier molecular flexibility index (Phi) is 14.0. The Labute approximate surface area is 113 Å². The quantitative estimate of drug-likeness (QED) is 0.281. The molecule has 0 N–H and O–H groups in total. The Morgan fingerprint density at radius 1 is 0.833 bits per heavy atom. The summed E-state index contributed by atoms with van der Waals surface area (Å²) in [4.78, 5) is 0. The molecule has 0 saturated heterocycles. The first-order valence-electron chi connectivity index (χ1n) is 7.38. The van der Waals surface area contributed by atoms with Crippen LogP contribution >= 0.6 is 0 Å². The zero-order valence-electron chi connectivity index (χ0n) is 12.4. The molecule has 2 nitrogen and oxygen atoms in total. The summed E-state index contributed by atoms with van der Waals surface area (Å²) >= 11 is 0. The highest BCUT2D eigenvalue weighted by Crippen LogP contribution is 2.04. The van der Waals surface area contributed by atoms with Crippen molar-refractivity contribution in [3.8, 4) is 0 Å². The van der Waals surface area contributed by atoms with Crippen LogP contribution in [0.5, 0.6) is 0 Å². The molecule has 0 unspecified atom stereocenters. The molecule has 0 aliphatic carbocycles. The molecule has 0 saturated carbocycles. The third kappa shape index (κ3) is 11.9. The van der Waals surface area contributed by atoms with Crippen molar-refractivity contribution in [1.29, 1.82) is 0 Å². The van der Waals surface area contributed by atoms with Gasteiger partial charge in [0.1, 0.15) is 0 Å². The molecule has 0 fully saturated rings. The SMILES string of the molecule is CCCCC/C=C\C/C=C\CC(OCC)OCC. The van der Waals surface area contributed by atoms with Crippen molar-refractivity contribution in [2.75, 3.05) is 13.2 Å². The van der Waals surface area contributed by atoms with E-state index in [0.717, 1.165) is 12.8 Å². The molecule has 0 amide bonds. The molecule has 0 atom stereocenters. The summed E-state index contributed by atoms with van der Waals surface area (Å²) in [6, 6.07) is 0. The number of rotatable bonds is 12. The van der Waals surface area contributed by atoms with Crippen LogP contribution in [0, 0.1) is 0 Å². The van der Waals surface area contributed by atoms with Gasteiger partial charge >= 0.3 is 0 Å². The molecule has 0 radical (unpaired) electrons. The molecule has 0 aliphatic rings. The lowest BCUT2D eigenvalue weighted by atomic mass is 10.2. The molecule has 0 aromatic carbocycles. The first-order chi connectivity index (χ1) is 8.85. The van der Waals surface area contributed by atoms with Crippen LogP contribution in [0.2, 0.25) is 0 Å². The lowest BCUT2D eigenvalue weighted by molar-refractivity contribution is -0.133. The summed E-state index contributed by atoms with van der Waals surface area (Å²) < 4.78 is 10.9. The number of unbranched alkanes of at least 4 members (excludes halogenated alkanes) is 3. The third-order valence-corrected chi connectivity index (χ3v) is 2.61. The highest BCUT2D eigenvalue weighted by atomic mass is 16.7. The second-order valence-corrected chi connectivity index (χ2v) is 4.25. The first kappa shape index (κ1) is 17.4. The van der Waals surface area contributed by atoms with Gasteiger partial charge < -0.3 is 9.47 Å². The van der Waals surface area contributed by atoms with Gasteiger partial charge in [-0.3, -0.25) is 0 Å². The van der Waals surface area contributed by atoms with E-state index >= 15 is 0 Å². The van der Waals surface area contributed by atoms with Crippen molar-refractivity contribution < 1.29 is 9.47 Å². The molecule has 18 heavy (non-hydrogen) atoms. The normalized spacial score (nSPS) is 12.2. The molecule has 0 aliphatic heterocycles. The Hall–Kier alpha value is -0.600. The molecular weight excluding hydrogens is 224 g/mol. The van der Waals surface area contributed by atoms with E-state index in [0.29, 0.717) is 13.2 Å². The van der Waals surface area contributed by atoms with E-state index in [9.17, 15) is 0 Å². The summed E-state index contributed by atoms with van der Waals surface area (Å²) in [5, 5.41) is 0. The van der Waals surface area contributed by atoms with Gasteiger partial charge in [0, 0.05) is 19.6 Å². The largest absolute Gasteiger partial charge is 0.353 e. The maximum atomic E-state index is 5.46. The summed E-state index contributed by atoms with van der Waals surface area (Å²) in [6.45, 7) is 7.63. The van der Waals surface area contributed by atoms with Crippen LogP contribution in [0.25, 0.3) is 0 Å². The predicted molar refractivity (Wildman–Crippen MR) is 78.7 cm³/mol. The van der Waals surface area contributed by atoms with Crippen molar-refractivity contribution in [2.45, 2.75) is 65.6 Å². The number of allylic oxidation sites excluding steroid dienone is 3. The summed E-state index contributed by atoms with van der Waals surface area (Å²) in [5.41, 5.74) is 0. The fourth-order valence-corrected chi connectivity index (χ4v) is 1.66. The van der Waals surface area contributed by atoms with E-state index in [2.05, 4.69) is 31.2 Å². The Bertz CT molecular complexity index is 203. The highest BCUT2D eigenvalue weighted by Gasteiger charge is 2.03. The minimum Gasteiger partial charge on any atom is -0.353 e. The van der Waals surface area contributed by atoms with Crippen molar-refractivity contribution in [3.63, 3.8) is 0 Å². The lowest BCUT2D eigenvalue weighted by Gasteiger charge is -2.14. The van der Waals surface area contributed by atoms with Crippen LogP contribution in [0.4, 0.5) is 0 Å². The van der Waals surface area contributed by atoms with Crippen molar-refractivity contribution in [2.24, 2.45) is 0 Å². The summed E-state index contributed by atoms with van der Waals surface area (Å²) in [7, 11) is 0. The molecule has 0 heterocycles. The second kappa shape index (κ2) is 14.5. The van der Waals surface area contributed by atoms with Gasteiger partial charge in [-0.2, -0.15) is 0 Å². The molecule has 106 valence electrons. The zero-order chi connectivity index (χ0) is 13.5. The van der Waals surface area contributed by atoms with Crippen molar-refractivity contribution in [1.82, 2.24) is 0 Å². The van der Waals surface area contributed by atoms with Crippen molar-refractivity contribution >= 4 is 0 Å². The summed E-state index contributed by atoms with van der Waals surface area (Å²) in [6.07, 6.45) is 15.8. The van der Waals surface area contributed by atoms with E-state index in [1.165, 1.54) is 25.7 Å². The minimum absolute atomic E-state index is 0.0789. The van der Waals surface area contributed by atoms with Crippen LogP contribution in [0.15, 0.2) is 24.3 Å². The Morgan fingerprint density at radius 3 is 2.11 bits per heavy atom. The molecule has 0 aromatic heterocycles. The second-order valence-electron chi connectivity index (χ2n) is 4.25. The Morgan fingerprint density at radius 2 is 1.50 bits per heavy atom. The number of ether oxygens (including phenoxy) is 2. The lowest BCUT2D eigenvalue weighted by Crippen LogP contribution is -2.16. The van der Waals surface area contributed by atoms with Gasteiger partial charge in [-0.25, -0.2) is 0 Å². The average Bonchev–Trinajstić information content (AvgIpc) is 2.37. The van der Waals surface area contributed by atoms with Gasteiger partial charge in [-0.1, -0.05) is 44.1 Å². The molecule has 2 heteroatoms. The first-order valence-corrected chi connectivity index (χ1v) is 7.38. The van der Waals surface area contributed by atoms with Gasteiger partial charge in [0.2, 0.25) is 0 Å². The van der Waals surface area contributed by atoms with Gasteiger partial charge in [-0.05, 0) is 33.1 Å². The third-order valence-electron chi connectivity index (χ3n) is 2.61. The van der Waals surface area contributed by atoms with Crippen LogP contribution in [-0.2, 0) is 9.47 Å². The topological polar surface area (TPSA) is 18.5 Å². The fourth-order valence-electron chi connectivity index (χ4n) is 1.66. The zero-order valence-corrected chi connectivity index (χ0v) is 12.4. The molecule has 0 aromatic rings. The Balaban J connectivity index is 3.55. The fraction of sp³-hybridized carbons (Fsp3) is 0.750.